The standard InChI is InChI=1S/C17H26N2O2/c1-12-9-13(2)17(15(18)10-12)21-11-16(20)19-14-7-5-3-4-6-8-14/h9-10,14H,3-8,11,18H2,1-2H3,(H,19,20). The average molecular weight is 290 g/mol. The van der Waals surface area contributed by atoms with Crippen LogP contribution in [0.4, 0.5) is 5.69 Å². The van der Waals surface area contributed by atoms with Gasteiger partial charge in [-0.3, -0.25) is 4.79 Å². The Hall–Kier alpha value is -1.71. The topological polar surface area (TPSA) is 64.3 Å². The lowest BCUT2D eigenvalue weighted by Crippen LogP contribution is -2.37. The maximum atomic E-state index is 12.0. The molecule has 4 heteroatoms. The molecule has 3 N–H and O–H groups in total. The largest absolute Gasteiger partial charge is 0.481 e. The molecule has 0 atom stereocenters. The highest BCUT2D eigenvalue weighted by Gasteiger charge is 2.15. The zero-order valence-corrected chi connectivity index (χ0v) is 13.1. The van der Waals surface area contributed by atoms with Crippen molar-refractivity contribution < 1.29 is 9.53 Å². The van der Waals surface area contributed by atoms with E-state index >= 15 is 0 Å². The van der Waals surface area contributed by atoms with Gasteiger partial charge < -0.3 is 15.8 Å². The summed E-state index contributed by atoms with van der Waals surface area (Å²) in [6, 6.07) is 4.18. The zero-order valence-electron chi connectivity index (χ0n) is 13.1. The van der Waals surface area contributed by atoms with E-state index in [0.29, 0.717) is 17.5 Å². The number of anilines is 1. The second kappa shape index (κ2) is 7.34. The highest BCUT2D eigenvalue weighted by molar-refractivity contribution is 5.78. The first-order valence-electron chi connectivity index (χ1n) is 7.85. The van der Waals surface area contributed by atoms with Crippen LogP contribution < -0.4 is 15.8 Å². The van der Waals surface area contributed by atoms with Crippen LogP contribution in [0.1, 0.15) is 49.7 Å². The molecule has 1 amide bonds. The van der Waals surface area contributed by atoms with Crippen molar-refractivity contribution in [1.82, 2.24) is 5.32 Å². The maximum absolute atomic E-state index is 12.0. The molecule has 0 aliphatic heterocycles. The van der Waals surface area contributed by atoms with Crippen molar-refractivity contribution in [3.8, 4) is 5.75 Å². The molecule has 0 bridgehead atoms. The van der Waals surface area contributed by atoms with Gasteiger partial charge in [0.05, 0.1) is 5.69 Å². The Morgan fingerprint density at radius 1 is 1.24 bits per heavy atom. The summed E-state index contributed by atoms with van der Waals surface area (Å²) in [4.78, 5) is 12.0. The summed E-state index contributed by atoms with van der Waals surface area (Å²) in [5.74, 6) is 0.567. The first kappa shape index (κ1) is 15.7. The van der Waals surface area contributed by atoms with Crippen molar-refractivity contribution in [1.29, 1.82) is 0 Å². The summed E-state index contributed by atoms with van der Waals surface area (Å²) >= 11 is 0. The number of carbonyl (C=O) groups excluding carboxylic acids is 1. The fraction of sp³-hybridized carbons (Fsp3) is 0.588. The summed E-state index contributed by atoms with van der Waals surface area (Å²) in [7, 11) is 0. The second-order valence-electron chi connectivity index (χ2n) is 6.04. The fourth-order valence-electron chi connectivity index (χ4n) is 3.02. The molecule has 1 fully saturated rings. The van der Waals surface area contributed by atoms with E-state index in [0.717, 1.165) is 24.0 Å². The van der Waals surface area contributed by atoms with Crippen LogP contribution in [-0.4, -0.2) is 18.6 Å². The molecule has 1 saturated carbocycles. The van der Waals surface area contributed by atoms with Crippen LogP contribution in [0.25, 0.3) is 0 Å². The van der Waals surface area contributed by atoms with Crippen LogP contribution in [0, 0.1) is 13.8 Å². The van der Waals surface area contributed by atoms with E-state index < -0.39 is 0 Å². The van der Waals surface area contributed by atoms with Crippen LogP contribution in [0.2, 0.25) is 0 Å². The van der Waals surface area contributed by atoms with E-state index in [1.807, 2.05) is 26.0 Å². The molecular formula is C17H26N2O2. The molecule has 0 saturated heterocycles. The van der Waals surface area contributed by atoms with Gasteiger partial charge in [-0.2, -0.15) is 0 Å². The number of hydrogen-bond donors (Lipinski definition) is 2. The van der Waals surface area contributed by atoms with Gasteiger partial charge >= 0.3 is 0 Å². The van der Waals surface area contributed by atoms with Crippen molar-refractivity contribution in [3.05, 3.63) is 23.3 Å². The summed E-state index contributed by atoms with van der Waals surface area (Å²) in [6.07, 6.45) is 7.13. The van der Waals surface area contributed by atoms with E-state index in [2.05, 4.69) is 5.32 Å². The number of carbonyl (C=O) groups is 1. The number of ether oxygens (including phenoxy) is 1. The third-order valence-corrected chi connectivity index (χ3v) is 4.02. The molecule has 116 valence electrons. The minimum atomic E-state index is -0.0544. The lowest BCUT2D eigenvalue weighted by Gasteiger charge is -2.17. The number of nitrogens with two attached hydrogens (primary N) is 1. The molecule has 0 heterocycles. The number of amides is 1. The first-order valence-corrected chi connectivity index (χ1v) is 7.85. The lowest BCUT2D eigenvalue weighted by molar-refractivity contribution is -0.123. The van der Waals surface area contributed by atoms with Gasteiger partial charge in [0.15, 0.2) is 6.61 Å². The van der Waals surface area contributed by atoms with E-state index in [9.17, 15) is 4.79 Å². The number of aryl methyl sites for hydroxylation is 2. The fourth-order valence-corrected chi connectivity index (χ4v) is 3.02. The Morgan fingerprint density at radius 2 is 1.90 bits per heavy atom. The number of hydrogen-bond acceptors (Lipinski definition) is 3. The second-order valence-corrected chi connectivity index (χ2v) is 6.04. The van der Waals surface area contributed by atoms with Gasteiger partial charge in [0.1, 0.15) is 5.75 Å². The molecule has 2 rings (SSSR count). The normalized spacial score (nSPS) is 16.3. The van der Waals surface area contributed by atoms with Crippen molar-refractivity contribution in [2.75, 3.05) is 12.3 Å². The Bertz CT molecular complexity index is 469. The Labute approximate surface area is 127 Å². The molecule has 0 spiro atoms. The molecule has 4 nitrogen and oxygen atoms in total. The third-order valence-electron chi connectivity index (χ3n) is 4.02. The van der Waals surface area contributed by atoms with E-state index in [-0.39, 0.29) is 12.5 Å². The predicted molar refractivity (Wildman–Crippen MR) is 85.5 cm³/mol. The molecule has 21 heavy (non-hydrogen) atoms. The molecule has 1 aliphatic carbocycles. The Balaban J connectivity index is 1.86. The van der Waals surface area contributed by atoms with Gasteiger partial charge in [-0.05, 0) is 43.9 Å². The van der Waals surface area contributed by atoms with Gasteiger partial charge in [0.25, 0.3) is 5.91 Å². The van der Waals surface area contributed by atoms with Crippen LogP contribution >= 0.6 is 0 Å². The number of nitrogen functional groups attached to an aromatic ring is 1. The maximum Gasteiger partial charge on any atom is 0.258 e. The molecule has 0 aromatic heterocycles. The number of benzene rings is 1. The van der Waals surface area contributed by atoms with Gasteiger partial charge in [-0.15, -0.1) is 0 Å². The van der Waals surface area contributed by atoms with E-state index in [4.69, 9.17) is 10.5 Å². The van der Waals surface area contributed by atoms with Gasteiger partial charge in [-0.1, -0.05) is 31.7 Å². The molecule has 1 aliphatic rings. The van der Waals surface area contributed by atoms with Crippen LogP contribution in [-0.2, 0) is 4.79 Å². The summed E-state index contributed by atoms with van der Waals surface area (Å²) in [5, 5.41) is 3.07. The predicted octanol–water partition coefficient (Wildman–Crippen LogP) is 3.10. The van der Waals surface area contributed by atoms with Gasteiger partial charge in [0.2, 0.25) is 0 Å². The smallest absolute Gasteiger partial charge is 0.258 e. The van der Waals surface area contributed by atoms with Crippen molar-refractivity contribution >= 4 is 11.6 Å². The minimum absolute atomic E-state index is 0.0323. The van der Waals surface area contributed by atoms with Crippen molar-refractivity contribution in [3.63, 3.8) is 0 Å². The number of rotatable bonds is 4. The van der Waals surface area contributed by atoms with Crippen molar-refractivity contribution in [2.24, 2.45) is 0 Å². The zero-order chi connectivity index (χ0) is 15.2. The summed E-state index contributed by atoms with van der Waals surface area (Å²) in [5.41, 5.74) is 8.61. The highest BCUT2D eigenvalue weighted by Crippen LogP contribution is 2.27. The Kier molecular flexibility index (Phi) is 5.48. The Morgan fingerprint density at radius 3 is 2.52 bits per heavy atom. The third kappa shape index (κ3) is 4.66. The van der Waals surface area contributed by atoms with Crippen LogP contribution in [0.15, 0.2) is 12.1 Å². The average Bonchev–Trinajstić information content (AvgIpc) is 2.66. The first-order chi connectivity index (χ1) is 10.1. The van der Waals surface area contributed by atoms with Crippen LogP contribution in [0.3, 0.4) is 0 Å². The van der Waals surface area contributed by atoms with Crippen LogP contribution in [0.5, 0.6) is 5.75 Å². The van der Waals surface area contributed by atoms with Crippen molar-refractivity contribution in [2.45, 2.75) is 58.4 Å². The quantitative estimate of drug-likeness (QED) is 0.661. The van der Waals surface area contributed by atoms with E-state index in [1.165, 1.54) is 25.7 Å². The molecular weight excluding hydrogens is 264 g/mol. The minimum Gasteiger partial charge on any atom is -0.481 e. The lowest BCUT2D eigenvalue weighted by atomic mass is 10.1. The van der Waals surface area contributed by atoms with Gasteiger partial charge in [-0.25, -0.2) is 0 Å². The summed E-state index contributed by atoms with van der Waals surface area (Å²) in [6.45, 7) is 3.97. The molecule has 1 aromatic carbocycles. The highest BCUT2D eigenvalue weighted by atomic mass is 16.5. The number of nitrogens with one attached hydrogen (secondary N) is 1. The summed E-state index contributed by atoms with van der Waals surface area (Å²) < 4.78 is 5.62. The van der Waals surface area contributed by atoms with Gasteiger partial charge in [0, 0.05) is 6.04 Å². The SMILES string of the molecule is Cc1cc(C)c(OCC(=O)NC2CCCCCC2)c(N)c1. The monoisotopic (exact) mass is 290 g/mol. The van der Waals surface area contributed by atoms with E-state index in [1.54, 1.807) is 0 Å². The molecule has 0 unspecified atom stereocenters. The molecule has 1 aromatic rings. The molecule has 0 radical (unpaired) electrons.